The van der Waals surface area contributed by atoms with Gasteiger partial charge in [-0.3, -0.25) is 4.68 Å². The van der Waals surface area contributed by atoms with E-state index in [1.54, 1.807) is 6.20 Å². The fraction of sp³-hybridized carbons (Fsp3) is 0.750. The van der Waals surface area contributed by atoms with E-state index >= 15 is 0 Å². The third kappa shape index (κ3) is 4.08. The average Bonchev–Trinajstić information content (AvgIpc) is 2.59. The molecule has 0 aliphatic heterocycles. The molecule has 98 valence electrons. The normalized spacial score (nSPS) is 13.6. The van der Waals surface area contributed by atoms with E-state index in [4.69, 9.17) is 0 Å². The third-order valence-electron chi connectivity index (χ3n) is 2.48. The summed E-state index contributed by atoms with van der Waals surface area (Å²) in [6.07, 6.45) is 1.20. The molecule has 0 aromatic carbocycles. The first-order chi connectivity index (χ1) is 7.93. The van der Waals surface area contributed by atoms with Crippen molar-refractivity contribution in [2.45, 2.75) is 39.8 Å². The van der Waals surface area contributed by atoms with Crippen LogP contribution in [0.3, 0.4) is 0 Å². The second-order valence-corrected chi connectivity index (χ2v) is 5.84. The number of rotatable bonds is 6. The summed E-state index contributed by atoms with van der Waals surface area (Å²) in [5, 5.41) is 17.7. The molecule has 1 rings (SSSR count). The molecule has 0 bridgehead atoms. The van der Waals surface area contributed by atoms with Crippen LogP contribution in [0.2, 0.25) is 0 Å². The van der Waals surface area contributed by atoms with Crippen molar-refractivity contribution in [3.05, 3.63) is 16.4 Å². The Morgan fingerprint density at radius 3 is 2.53 bits per heavy atom. The van der Waals surface area contributed by atoms with Gasteiger partial charge in [0, 0.05) is 12.6 Å². The van der Waals surface area contributed by atoms with E-state index in [1.807, 2.05) is 4.68 Å². The number of aromatic nitrogens is 2. The number of hydrogen-bond donors (Lipinski definition) is 2. The lowest BCUT2D eigenvalue weighted by Gasteiger charge is -2.17. The average molecular weight is 304 g/mol. The van der Waals surface area contributed by atoms with Gasteiger partial charge in [-0.2, -0.15) is 5.10 Å². The Balaban J connectivity index is 2.67. The Labute approximate surface area is 112 Å². The quantitative estimate of drug-likeness (QED) is 0.849. The molecule has 0 aliphatic carbocycles. The molecule has 1 aromatic rings. The van der Waals surface area contributed by atoms with Crippen LogP contribution >= 0.6 is 15.9 Å². The summed E-state index contributed by atoms with van der Waals surface area (Å²) in [6.45, 7) is 9.86. The van der Waals surface area contributed by atoms with E-state index in [0.29, 0.717) is 12.5 Å². The molecule has 5 heteroatoms. The number of hydrogen-bond acceptors (Lipinski definition) is 3. The molecule has 0 fully saturated rings. The van der Waals surface area contributed by atoms with Gasteiger partial charge >= 0.3 is 0 Å². The Morgan fingerprint density at radius 2 is 2.00 bits per heavy atom. The Morgan fingerprint density at radius 1 is 1.35 bits per heavy atom. The van der Waals surface area contributed by atoms with E-state index in [2.05, 4.69) is 54.0 Å². The van der Waals surface area contributed by atoms with Crippen molar-refractivity contribution in [2.24, 2.45) is 5.92 Å². The maximum absolute atomic E-state index is 10.2. The summed E-state index contributed by atoms with van der Waals surface area (Å²) in [5.41, 5.74) is 0.844. The van der Waals surface area contributed by atoms with Gasteiger partial charge in [0.25, 0.3) is 0 Å². The zero-order valence-corrected chi connectivity index (χ0v) is 12.5. The smallest absolute Gasteiger partial charge is 0.109 e. The van der Waals surface area contributed by atoms with Crippen LogP contribution in [-0.4, -0.2) is 28.0 Å². The topological polar surface area (TPSA) is 50.1 Å². The van der Waals surface area contributed by atoms with Gasteiger partial charge in [0.2, 0.25) is 0 Å². The van der Waals surface area contributed by atoms with E-state index in [9.17, 15) is 5.11 Å². The molecule has 2 N–H and O–H groups in total. The molecular weight excluding hydrogens is 282 g/mol. The third-order valence-corrected chi connectivity index (χ3v) is 3.09. The minimum absolute atomic E-state index is 0.246. The van der Waals surface area contributed by atoms with Crippen molar-refractivity contribution in [1.82, 2.24) is 15.1 Å². The number of halogens is 1. The van der Waals surface area contributed by atoms with Crippen LogP contribution in [0.4, 0.5) is 0 Å². The highest BCUT2D eigenvalue weighted by atomic mass is 79.9. The van der Waals surface area contributed by atoms with Crippen LogP contribution < -0.4 is 5.32 Å². The zero-order valence-electron chi connectivity index (χ0n) is 10.9. The second-order valence-electron chi connectivity index (χ2n) is 4.98. The van der Waals surface area contributed by atoms with Crippen molar-refractivity contribution in [3.63, 3.8) is 0 Å². The highest BCUT2D eigenvalue weighted by molar-refractivity contribution is 9.10. The van der Waals surface area contributed by atoms with Gasteiger partial charge < -0.3 is 10.4 Å². The van der Waals surface area contributed by atoms with Crippen LogP contribution in [0.25, 0.3) is 0 Å². The van der Waals surface area contributed by atoms with Crippen molar-refractivity contribution in [1.29, 1.82) is 0 Å². The molecule has 4 nitrogen and oxygen atoms in total. The summed E-state index contributed by atoms with van der Waals surface area (Å²) in [4.78, 5) is 0. The van der Waals surface area contributed by atoms with E-state index in [-0.39, 0.29) is 6.04 Å². The fourth-order valence-corrected chi connectivity index (χ4v) is 2.22. The van der Waals surface area contributed by atoms with E-state index in [0.717, 1.165) is 16.7 Å². The molecule has 0 saturated heterocycles. The lowest BCUT2D eigenvalue weighted by atomic mass is 10.2. The summed E-state index contributed by atoms with van der Waals surface area (Å²) in [6, 6.07) is 0.246. The molecule has 1 aromatic heterocycles. The van der Waals surface area contributed by atoms with Crippen molar-refractivity contribution in [3.8, 4) is 0 Å². The maximum atomic E-state index is 10.2. The Kier molecular flexibility index (Phi) is 5.62. The standard InChI is InChI=1S/C12H22BrN3O/c1-8(2)5-14-7-11(17)12-10(13)6-15-16(12)9(3)4/h6,8-9,11,14,17H,5,7H2,1-4H3. The minimum atomic E-state index is -0.534. The predicted molar refractivity (Wildman–Crippen MR) is 73.0 cm³/mol. The second kappa shape index (κ2) is 6.52. The predicted octanol–water partition coefficient (Wildman–Crippen LogP) is 2.51. The van der Waals surface area contributed by atoms with Crippen molar-refractivity contribution >= 4 is 15.9 Å². The van der Waals surface area contributed by atoms with Gasteiger partial charge in [-0.1, -0.05) is 13.8 Å². The zero-order chi connectivity index (χ0) is 13.0. The molecule has 0 spiro atoms. The molecule has 0 radical (unpaired) electrons. The van der Waals surface area contributed by atoms with Crippen molar-refractivity contribution < 1.29 is 5.11 Å². The lowest BCUT2D eigenvalue weighted by molar-refractivity contribution is 0.159. The minimum Gasteiger partial charge on any atom is -0.385 e. The van der Waals surface area contributed by atoms with Gasteiger partial charge in [-0.05, 0) is 42.2 Å². The van der Waals surface area contributed by atoms with Gasteiger partial charge in [-0.15, -0.1) is 0 Å². The number of aliphatic hydroxyl groups is 1. The number of aliphatic hydroxyl groups excluding tert-OH is 1. The molecule has 0 amide bonds. The Bertz CT molecular complexity index is 350. The molecule has 0 saturated carbocycles. The van der Waals surface area contributed by atoms with Gasteiger partial charge in [0.1, 0.15) is 6.10 Å². The Hall–Kier alpha value is -0.390. The van der Waals surface area contributed by atoms with E-state index in [1.165, 1.54) is 0 Å². The largest absolute Gasteiger partial charge is 0.385 e. The van der Waals surface area contributed by atoms with Crippen LogP contribution in [-0.2, 0) is 0 Å². The van der Waals surface area contributed by atoms with Crippen LogP contribution in [0.1, 0.15) is 45.5 Å². The highest BCUT2D eigenvalue weighted by Gasteiger charge is 2.18. The van der Waals surface area contributed by atoms with Gasteiger partial charge in [-0.25, -0.2) is 0 Å². The first kappa shape index (κ1) is 14.7. The summed E-state index contributed by atoms with van der Waals surface area (Å²) in [5.74, 6) is 0.584. The number of nitrogens with zero attached hydrogens (tertiary/aromatic N) is 2. The van der Waals surface area contributed by atoms with Crippen LogP contribution in [0, 0.1) is 5.92 Å². The van der Waals surface area contributed by atoms with E-state index < -0.39 is 6.10 Å². The number of nitrogens with one attached hydrogen (secondary N) is 1. The van der Waals surface area contributed by atoms with Crippen LogP contribution in [0.5, 0.6) is 0 Å². The summed E-state index contributed by atoms with van der Waals surface area (Å²) < 4.78 is 2.72. The summed E-state index contributed by atoms with van der Waals surface area (Å²) >= 11 is 3.44. The first-order valence-corrected chi connectivity index (χ1v) is 6.84. The molecule has 1 atom stereocenters. The fourth-order valence-electron chi connectivity index (χ4n) is 1.68. The molecule has 1 unspecified atom stereocenters. The lowest BCUT2D eigenvalue weighted by Crippen LogP contribution is -2.27. The van der Waals surface area contributed by atoms with Crippen LogP contribution in [0.15, 0.2) is 10.7 Å². The van der Waals surface area contributed by atoms with Crippen molar-refractivity contribution in [2.75, 3.05) is 13.1 Å². The van der Waals surface area contributed by atoms with Gasteiger partial charge in [0.15, 0.2) is 0 Å². The molecule has 17 heavy (non-hydrogen) atoms. The first-order valence-electron chi connectivity index (χ1n) is 6.05. The summed E-state index contributed by atoms with van der Waals surface area (Å²) in [7, 11) is 0. The molecule has 0 aliphatic rings. The molecular formula is C12H22BrN3O. The SMILES string of the molecule is CC(C)CNCC(O)c1c(Br)cnn1C(C)C. The maximum Gasteiger partial charge on any atom is 0.109 e. The monoisotopic (exact) mass is 303 g/mol. The molecule has 1 heterocycles. The van der Waals surface area contributed by atoms with Gasteiger partial charge in [0.05, 0.1) is 16.4 Å². The highest BCUT2D eigenvalue weighted by Crippen LogP contribution is 2.25.